The molecule has 16 heavy (non-hydrogen) atoms. The fourth-order valence-corrected chi connectivity index (χ4v) is 2.15. The van der Waals surface area contributed by atoms with E-state index in [0.717, 1.165) is 23.4 Å². The summed E-state index contributed by atoms with van der Waals surface area (Å²) in [5.41, 5.74) is 3.60. The summed E-state index contributed by atoms with van der Waals surface area (Å²) in [4.78, 5) is 1.16. The predicted octanol–water partition coefficient (Wildman–Crippen LogP) is 0.905. The Labute approximate surface area is 94.3 Å². The van der Waals surface area contributed by atoms with Crippen LogP contribution in [0.2, 0.25) is 0 Å². The van der Waals surface area contributed by atoms with Crippen LogP contribution in [0.15, 0.2) is 18.2 Å². The molecule has 1 aliphatic heterocycles. The van der Waals surface area contributed by atoms with Gasteiger partial charge in [0.05, 0.1) is 13.1 Å². The molecule has 2 nitrogen and oxygen atoms in total. The van der Waals surface area contributed by atoms with Crippen LogP contribution in [-0.4, -0.2) is 19.5 Å². The molecule has 88 valence electrons. The molecule has 0 aliphatic carbocycles. The topological polar surface area (TPSA) is 16.5 Å². The lowest BCUT2D eigenvalue weighted by Crippen LogP contribution is -3.00. The van der Waals surface area contributed by atoms with Gasteiger partial charge in [0.1, 0.15) is 5.69 Å². The third kappa shape index (κ3) is 2.39. The number of alkyl halides is 2. The number of nitrogens with one attached hydrogen (secondary N) is 2. The highest BCUT2D eigenvalue weighted by atomic mass is 19.3. The van der Waals surface area contributed by atoms with Crippen LogP contribution in [0.4, 0.5) is 14.5 Å². The van der Waals surface area contributed by atoms with Crippen molar-refractivity contribution in [2.45, 2.75) is 19.4 Å². The fraction of sp³-hybridized carbons (Fsp3) is 0.417. The number of benzene rings is 1. The molecule has 0 radical (unpaired) electrons. The molecule has 2 N–H and O–H groups in total. The van der Waals surface area contributed by atoms with Crippen LogP contribution in [0.25, 0.3) is 0 Å². The lowest BCUT2D eigenvalue weighted by Gasteiger charge is -2.14. The van der Waals surface area contributed by atoms with E-state index in [1.54, 1.807) is 0 Å². The van der Waals surface area contributed by atoms with Crippen molar-refractivity contribution in [1.29, 1.82) is 0 Å². The van der Waals surface area contributed by atoms with Crippen LogP contribution in [0.1, 0.15) is 11.1 Å². The van der Waals surface area contributed by atoms with Crippen LogP contribution in [0.3, 0.4) is 0 Å². The summed E-state index contributed by atoms with van der Waals surface area (Å²) < 4.78 is 24.0. The number of fused-ring (bicyclic) bond motifs is 1. The van der Waals surface area contributed by atoms with E-state index in [9.17, 15) is 8.78 Å². The maximum Gasteiger partial charge on any atom is 0.250 e. The zero-order valence-electron chi connectivity index (χ0n) is 9.10. The number of halogens is 2. The molecule has 1 unspecified atom stereocenters. The van der Waals surface area contributed by atoms with Crippen molar-refractivity contribution in [3.63, 3.8) is 0 Å². The van der Waals surface area contributed by atoms with Crippen molar-refractivity contribution in [3.8, 4) is 0 Å². The maximum absolute atomic E-state index is 12.0. The van der Waals surface area contributed by atoms with Gasteiger partial charge in [-0.1, -0.05) is 12.1 Å². The van der Waals surface area contributed by atoms with Crippen molar-refractivity contribution < 1.29 is 13.7 Å². The molecule has 0 spiro atoms. The molecule has 1 aromatic rings. The minimum absolute atomic E-state index is 0.245. The SMILES string of the molecule is [CH2-][NH+]1CCc2c(CNCC(F)F)cccc21. The minimum atomic E-state index is -2.29. The number of rotatable bonds is 4. The van der Waals surface area contributed by atoms with Crippen LogP contribution < -0.4 is 10.2 Å². The quantitative estimate of drug-likeness (QED) is 0.729. The predicted molar refractivity (Wildman–Crippen MR) is 58.7 cm³/mol. The Morgan fingerprint density at radius 1 is 1.44 bits per heavy atom. The molecule has 1 atom stereocenters. The first kappa shape index (κ1) is 11.5. The molecule has 1 heterocycles. The van der Waals surface area contributed by atoms with Gasteiger partial charge in [-0.2, -0.15) is 0 Å². The van der Waals surface area contributed by atoms with Crippen molar-refractivity contribution in [2.75, 3.05) is 13.1 Å². The summed E-state index contributed by atoms with van der Waals surface area (Å²) >= 11 is 0. The molecular formula is C12H16F2N2. The zero-order chi connectivity index (χ0) is 11.5. The Hall–Kier alpha value is -1.00. The van der Waals surface area contributed by atoms with Gasteiger partial charge in [0.2, 0.25) is 0 Å². The average Bonchev–Trinajstić information content (AvgIpc) is 2.61. The Bertz CT molecular complexity index is 366. The molecule has 1 aliphatic rings. The van der Waals surface area contributed by atoms with E-state index < -0.39 is 6.43 Å². The van der Waals surface area contributed by atoms with E-state index in [4.69, 9.17) is 0 Å². The lowest BCUT2D eigenvalue weighted by molar-refractivity contribution is -0.775. The molecule has 0 fully saturated rings. The Morgan fingerprint density at radius 3 is 3.00 bits per heavy atom. The van der Waals surface area contributed by atoms with Crippen molar-refractivity contribution >= 4 is 5.69 Å². The molecule has 0 saturated carbocycles. The van der Waals surface area contributed by atoms with Gasteiger partial charge in [0.25, 0.3) is 6.43 Å². The van der Waals surface area contributed by atoms with E-state index in [0.29, 0.717) is 6.54 Å². The number of hydrogen-bond donors (Lipinski definition) is 2. The second-order valence-corrected chi connectivity index (χ2v) is 4.07. The van der Waals surface area contributed by atoms with Crippen molar-refractivity contribution in [3.05, 3.63) is 36.4 Å². The molecule has 0 aromatic heterocycles. The largest absolute Gasteiger partial charge is 0.434 e. The number of quaternary nitrogens is 1. The van der Waals surface area contributed by atoms with E-state index in [1.807, 2.05) is 12.1 Å². The highest BCUT2D eigenvalue weighted by Gasteiger charge is 2.19. The number of hydrogen-bond acceptors (Lipinski definition) is 1. The first-order valence-corrected chi connectivity index (χ1v) is 5.46. The van der Waals surface area contributed by atoms with Gasteiger partial charge in [-0.25, -0.2) is 8.78 Å². The van der Waals surface area contributed by atoms with Crippen LogP contribution in [-0.2, 0) is 13.0 Å². The molecule has 0 amide bonds. The monoisotopic (exact) mass is 226 g/mol. The highest BCUT2D eigenvalue weighted by molar-refractivity contribution is 5.47. The first-order chi connectivity index (χ1) is 7.68. The maximum atomic E-state index is 12.0. The standard InChI is InChI=1S/C12H16F2N2/c1-16-6-5-10-9(3-2-4-11(10)16)7-15-8-12(13)14/h2-4,12,15-16H,1,5-8H2. The third-order valence-corrected chi connectivity index (χ3v) is 2.94. The second kappa shape index (κ2) is 4.89. The molecule has 0 bridgehead atoms. The smallest absolute Gasteiger partial charge is 0.250 e. The molecular weight excluding hydrogens is 210 g/mol. The zero-order valence-corrected chi connectivity index (χ0v) is 9.10. The summed E-state index contributed by atoms with van der Waals surface area (Å²) in [6.45, 7) is 1.26. The van der Waals surface area contributed by atoms with Crippen molar-refractivity contribution in [1.82, 2.24) is 5.32 Å². The van der Waals surface area contributed by atoms with Gasteiger partial charge in [-0.15, -0.1) is 7.05 Å². The Kier molecular flexibility index (Phi) is 3.51. The molecule has 0 saturated heterocycles. The van der Waals surface area contributed by atoms with Gasteiger partial charge in [0, 0.05) is 18.5 Å². The third-order valence-electron chi connectivity index (χ3n) is 2.94. The summed E-state index contributed by atoms with van der Waals surface area (Å²) in [5, 5.41) is 2.77. The van der Waals surface area contributed by atoms with E-state index >= 15 is 0 Å². The summed E-state index contributed by atoms with van der Waals surface area (Å²) in [6.07, 6.45) is -1.30. The first-order valence-electron chi connectivity index (χ1n) is 5.46. The lowest BCUT2D eigenvalue weighted by atomic mass is 10.1. The Balaban J connectivity index is 2.05. The average molecular weight is 226 g/mol. The Morgan fingerprint density at radius 2 is 2.25 bits per heavy atom. The van der Waals surface area contributed by atoms with E-state index in [1.165, 1.54) is 11.3 Å². The minimum Gasteiger partial charge on any atom is -0.434 e. The molecule has 4 heteroatoms. The van der Waals surface area contributed by atoms with Gasteiger partial charge in [-0.05, 0) is 11.6 Å². The second-order valence-electron chi connectivity index (χ2n) is 4.07. The van der Waals surface area contributed by atoms with Crippen molar-refractivity contribution in [2.24, 2.45) is 0 Å². The molecule has 2 rings (SSSR count). The summed E-state index contributed by atoms with van der Waals surface area (Å²) in [7, 11) is 4.00. The van der Waals surface area contributed by atoms with Crippen LogP contribution in [0.5, 0.6) is 0 Å². The fourth-order valence-electron chi connectivity index (χ4n) is 2.15. The summed E-state index contributed by atoms with van der Waals surface area (Å²) in [5.74, 6) is 0. The van der Waals surface area contributed by atoms with Crippen LogP contribution >= 0.6 is 0 Å². The normalized spacial score (nSPS) is 19.1. The van der Waals surface area contributed by atoms with Gasteiger partial charge >= 0.3 is 0 Å². The van der Waals surface area contributed by atoms with Gasteiger partial charge in [-0.3, -0.25) is 0 Å². The summed E-state index contributed by atoms with van der Waals surface area (Å²) in [6, 6.07) is 6.02. The van der Waals surface area contributed by atoms with E-state index in [-0.39, 0.29) is 6.54 Å². The molecule has 1 aromatic carbocycles. The van der Waals surface area contributed by atoms with Gasteiger partial charge in [0.15, 0.2) is 0 Å². The van der Waals surface area contributed by atoms with Gasteiger partial charge < -0.3 is 10.2 Å². The highest BCUT2D eigenvalue weighted by Crippen LogP contribution is 2.20. The van der Waals surface area contributed by atoms with E-state index in [2.05, 4.69) is 18.4 Å². The van der Waals surface area contributed by atoms with Crippen LogP contribution in [0, 0.1) is 7.05 Å².